The molecule has 30 heavy (non-hydrogen) atoms. The number of nitrogens with zero attached hydrogens (tertiary/aromatic N) is 2. The van der Waals surface area contributed by atoms with E-state index in [0.717, 1.165) is 16.2 Å². The minimum absolute atomic E-state index is 0.00548. The number of rotatable bonds is 5. The first-order valence-corrected chi connectivity index (χ1v) is 10.7. The number of hydrogen-bond acceptors (Lipinski definition) is 6. The molecule has 0 aliphatic carbocycles. The quantitative estimate of drug-likeness (QED) is 0.188. The Kier molecular flexibility index (Phi) is 5.61. The summed E-state index contributed by atoms with van der Waals surface area (Å²) in [5, 5.41) is 19.9. The molecule has 0 aliphatic heterocycles. The molecule has 0 unspecified atom stereocenters. The number of benzene rings is 3. The molecule has 150 valence electrons. The Morgan fingerprint density at radius 2 is 1.73 bits per heavy atom. The first-order chi connectivity index (χ1) is 14.4. The van der Waals surface area contributed by atoms with Crippen molar-refractivity contribution in [2.75, 3.05) is 5.75 Å². The molecule has 8 heteroatoms. The van der Waals surface area contributed by atoms with Crippen molar-refractivity contribution in [3.05, 3.63) is 87.1 Å². The number of carbonyl (C=O) groups is 1. The maximum atomic E-state index is 13.2. The number of thioether (sulfide) groups is 1. The maximum absolute atomic E-state index is 13.2. The fourth-order valence-electron chi connectivity index (χ4n) is 2.94. The molecular weight excluding hydrogens is 468 g/mol. The molecule has 1 aromatic heterocycles. The lowest BCUT2D eigenvalue weighted by Gasteiger charge is -2.13. The van der Waals surface area contributed by atoms with E-state index in [0.29, 0.717) is 21.7 Å². The van der Waals surface area contributed by atoms with Crippen LogP contribution in [-0.4, -0.2) is 31.3 Å². The number of ketones is 1. The lowest BCUT2D eigenvalue weighted by molar-refractivity contribution is 0.102. The lowest BCUT2D eigenvalue weighted by Crippen LogP contribution is -2.22. The van der Waals surface area contributed by atoms with Crippen molar-refractivity contribution in [3.63, 3.8) is 0 Å². The van der Waals surface area contributed by atoms with Gasteiger partial charge in [0.05, 0.1) is 22.3 Å². The van der Waals surface area contributed by atoms with E-state index >= 15 is 0 Å². The van der Waals surface area contributed by atoms with Crippen LogP contribution in [-0.2, 0) is 0 Å². The second kappa shape index (κ2) is 8.33. The summed E-state index contributed by atoms with van der Waals surface area (Å²) in [5.74, 6) is -0.910. The van der Waals surface area contributed by atoms with E-state index in [1.165, 1.54) is 22.8 Å². The second-order valence-corrected chi connectivity index (χ2v) is 8.30. The van der Waals surface area contributed by atoms with E-state index < -0.39 is 0 Å². The van der Waals surface area contributed by atoms with Crippen LogP contribution in [0.2, 0.25) is 0 Å². The third kappa shape index (κ3) is 3.96. The van der Waals surface area contributed by atoms with Crippen LogP contribution < -0.4 is 5.56 Å². The van der Waals surface area contributed by atoms with Gasteiger partial charge in [0, 0.05) is 10.0 Å². The van der Waals surface area contributed by atoms with Crippen LogP contribution in [0.15, 0.2) is 81.2 Å². The fraction of sp³-hybridized carbons (Fsp3) is 0.0455. The normalized spacial score (nSPS) is 11.0. The molecule has 0 saturated carbocycles. The van der Waals surface area contributed by atoms with Gasteiger partial charge < -0.3 is 10.2 Å². The van der Waals surface area contributed by atoms with Crippen molar-refractivity contribution in [1.29, 1.82) is 0 Å². The monoisotopic (exact) mass is 482 g/mol. The molecule has 1 heterocycles. The molecule has 0 radical (unpaired) electrons. The Balaban J connectivity index is 1.74. The maximum Gasteiger partial charge on any atom is 0.266 e. The molecule has 0 bridgehead atoms. The highest BCUT2D eigenvalue weighted by Crippen LogP contribution is 2.27. The summed E-state index contributed by atoms with van der Waals surface area (Å²) in [4.78, 5) is 30.4. The molecule has 3 aromatic carbocycles. The number of hydrogen-bond donors (Lipinski definition) is 2. The van der Waals surface area contributed by atoms with Crippen LogP contribution in [0.3, 0.4) is 0 Å². The lowest BCUT2D eigenvalue weighted by atomic mass is 10.1. The minimum Gasteiger partial charge on any atom is -0.504 e. The summed E-state index contributed by atoms with van der Waals surface area (Å²) in [5.41, 5.74) is 1.23. The first kappa shape index (κ1) is 20.2. The number of phenolic OH excluding ortho intramolecular Hbond substituents is 2. The number of para-hydroxylation sites is 1. The first-order valence-electron chi connectivity index (χ1n) is 8.90. The van der Waals surface area contributed by atoms with Gasteiger partial charge in [0.1, 0.15) is 0 Å². The SMILES string of the molecule is O=C(CSc1nc2ccccc2c(=O)n1-c1ccc(Br)cc1)c1ccc(O)c(O)c1. The smallest absolute Gasteiger partial charge is 0.266 e. The Morgan fingerprint density at radius 3 is 2.47 bits per heavy atom. The van der Waals surface area contributed by atoms with Gasteiger partial charge in [-0.1, -0.05) is 39.8 Å². The highest BCUT2D eigenvalue weighted by molar-refractivity contribution is 9.10. The predicted molar refractivity (Wildman–Crippen MR) is 120 cm³/mol. The van der Waals surface area contributed by atoms with Gasteiger partial charge in [-0.2, -0.15) is 0 Å². The standard InChI is InChI=1S/C22H15BrN2O4S/c23-14-6-8-15(9-7-14)25-21(29)16-3-1-2-4-17(16)24-22(25)30-12-20(28)13-5-10-18(26)19(27)11-13/h1-11,26-27H,12H2. The van der Waals surface area contributed by atoms with Crippen molar-refractivity contribution >= 4 is 44.4 Å². The summed E-state index contributed by atoms with van der Waals surface area (Å²) in [6.45, 7) is 0. The van der Waals surface area contributed by atoms with Gasteiger partial charge in [-0.3, -0.25) is 14.2 Å². The van der Waals surface area contributed by atoms with E-state index in [4.69, 9.17) is 0 Å². The van der Waals surface area contributed by atoms with Crippen molar-refractivity contribution in [3.8, 4) is 17.2 Å². The third-order valence-corrected chi connectivity index (χ3v) is 5.93. The number of Topliss-reactive ketones (excluding diaryl/α,β-unsaturated/α-hetero) is 1. The zero-order chi connectivity index (χ0) is 21.3. The molecule has 0 spiro atoms. The number of carbonyl (C=O) groups excluding carboxylic acids is 1. The van der Waals surface area contributed by atoms with Crippen LogP contribution in [0, 0.1) is 0 Å². The number of aromatic nitrogens is 2. The highest BCUT2D eigenvalue weighted by Gasteiger charge is 2.16. The van der Waals surface area contributed by atoms with Crippen LogP contribution in [0.25, 0.3) is 16.6 Å². The minimum atomic E-state index is -0.360. The van der Waals surface area contributed by atoms with Gasteiger partial charge in [-0.15, -0.1) is 0 Å². The van der Waals surface area contributed by atoms with E-state index in [2.05, 4.69) is 20.9 Å². The van der Waals surface area contributed by atoms with Crippen molar-refractivity contribution < 1.29 is 15.0 Å². The van der Waals surface area contributed by atoms with Gasteiger partial charge in [-0.05, 0) is 54.6 Å². The Bertz CT molecular complexity index is 1320. The van der Waals surface area contributed by atoms with E-state index in [-0.39, 0.29) is 34.2 Å². The second-order valence-electron chi connectivity index (χ2n) is 6.44. The van der Waals surface area contributed by atoms with Gasteiger partial charge in [0.15, 0.2) is 22.4 Å². The van der Waals surface area contributed by atoms with Crippen LogP contribution in [0.5, 0.6) is 11.5 Å². The number of phenols is 2. The number of halogens is 1. The van der Waals surface area contributed by atoms with Gasteiger partial charge >= 0.3 is 0 Å². The topological polar surface area (TPSA) is 92.4 Å². The molecule has 0 atom stereocenters. The Morgan fingerprint density at radius 1 is 1.00 bits per heavy atom. The fourth-order valence-corrected chi connectivity index (χ4v) is 4.11. The van der Waals surface area contributed by atoms with E-state index in [9.17, 15) is 19.8 Å². The summed E-state index contributed by atoms with van der Waals surface area (Å²) in [7, 11) is 0. The predicted octanol–water partition coefficient (Wildman–Crippen LogP) is 4.53. The average molecular weight is 483 g/mol. The summed E-state index contributed by atoms with van der Waals surface area (Å²) in [6, 6.07) is 18.2. The zero-order valence-electron chi connectivity index (χ0n) is 15.4. The molecule has 4 aromatic rings. The summed E-state index contributed by atoms with van der Waals surface area (Å²) in [6.07, 6.45) is 0. The molecular formula is C22H15BrN2O4S. The van der Waals surface area contributed by atoms with Gasteiger partial charge in [0.25, 0.3) is 5.56 Å². The largest absolute Gasteiger partial charge is 0.504 e. The van der Waals surface area contributed by atoms with Gasteiger partial charge in [0.2, 0.25) is 0 Å². The van der Waals surface area contributed by atoms with E-state index in [1.54, 1.807) is 36.4 Å². The summed E-state index contributed by atoms with van der Waals surface area (Å²) >= 11 is 4.52. The van der Waals surface area contributed by atoms with Crippen molar-refractivity contribution in [2.24, 2.45) is 0 Å². The van der Waals surface area contributed by atoms with Crippen LogP contribution in [0.4, 0.5) is 0 Å². The highest BCUT2D eigenvalue weighted by atomic mass is 79.9. The molecule has 0 fully saturated rings. The van der Waals surface area contributed by atoms with Crippen LogP contribution >= 0.6 is 27.7 Å². The Labute approximate surface area is 184 Å². The molecule has 0 saturated heterocycles. The van der Waals surface area contributed by atoms with E-state index in [1.807, 2.05) is 12.1 Å². The number of aromatic hydroxyl groups is 2. The zero-order valence-corrected chi connectivity index (χ0v) is 17.9. The third-order valence-electron chi connectivity index (χ3n) is 4.46. The van der Waals surface area contributed by atoms with Crippen molar-refractivity contribution in [2.45, 2.75) is 5.16 Å². The average Bonchev–Trinajstić information content (AvgIpc) is 2.75. The molecule has 2 N–H and O–H groups in total. The van der Waals surface area contributed by atoms with Gasteiger partial charge in [-0.25, -0.2) is 4.98 Å². The summed E-state index contributed by atoms with van der Waals surface area (Å²) < 4.78 is 2.37. The Hall–Kier alpha value is -3.10. The van der Waals surface area contributed by atoms with Crippen molar-refractivity contribution in [1.82, 2.24) is 9.55 Å². The molecule has 4 rings (SSSR count). The molecule has 0 amide bonds. The molecule has 6 nitrogen and oxygen atoms in total. The molecule has 0 aliphatic rings. The van der Waals surface area contributed by atoms with Crippen LogP contribution in [0.1, 0.15) is 10.4 Å². The number of fused-ring (bicyclic) bond motifs is 1.